The minimum atomic E-state index is 0.00256. The summed E-state index contributed by atoms with van der Waals surface area (Å²) in [5.41, 5.74) is 0. The van der Waals surface area contributed by atoms with Gasteiger partial charge >= 0.3 is 0 Å². The molecule has 1 atom stereocenters. The Bertz CT molecular complexity index is 358. The van der Waals surface area contributed by atoms with E-state index in [1.807, 2.05) is 13.1 Å². The van der Waals surface area contributed by atoms with Gasteiger partial charge in [-0.2, -0.15) is 0 Å². The van der Waals surface area contributed by atoms with E-state index in [9.17, 15) is 4.79 Å². The van der Waals surface area contributed by atoms with Crippen molar-refractivity contribution in [1.82, 2.24) is 15.6 Å². The molecule has 0 aliphatic carbocycles. The second kappa shape index (κ2) is 5.41. The van der Waals surface area contributed by atoms with Crippen LogP contribution in [0.1, 0.15) is 29.1 Å². The first kappa shape index (κ1) is 11.5. The van der Waals surface area contributed by atoms with Gasteiger partial charge in [-0.3, -0.25) is 4.79 Å². The number of rotatable bonds is 3. The van der Waals surface area contributed by atoms with Gasteiger partial charge in [0.15, 0.2) is 0 Å². The van der Waals surface area contributed by atoms with Crippen LogP contribution in [0.15, 0.2) is 6.20 Å². The molecular formula is C11H17N3OS. The summed E-state index contributed by atoms with van der Waals surface area (Å²) in [6, 6.07) is 0.00256. The molecule has 0 bridgehead atoms. The molecule has 1 saturated heterocycles. The van der Waals surface area contributed by atoms with Crippen molar-refractivity contribution in [3.63, 3.8) is 0 Å². The zero-order valence-corrected chi connectivity index (χ0v) is 10.3. The molecule has 4 nitrogen and oxygen atoms in total. The summed E-state index contributed by atoms with van der Waals surface area (Å²) in [6.07, 6.45) is 5.10. The van der Waals surface area contributed by atoms with Crippen LogP contribution in [0.3, 0.4) is 0 Å². The van der Waals surface area contributed by atoms with Crippen LogP contribution in [0, 0.1) is 6.92 Å². The molecule has 16 heavy (non-hydrogen) atoms. The van der Waals surface area contributed by atoms with Crippen LogP contribution >= 0.6 is 11.3 Å². The summed E-state index contributed by atoms with van der Waals surface area (Å²) in [5, 5.41) is 7.23. The normalized spacial score (nSPS) is 20.7. The first-order valence-corrected chi connectivity index (χ1v) is 6.50. The summed E-state index contributed by atoms with van der Waals surface area (Å²) in [7, 11) is 0. The molecule has 2 rings (SSSR count). The first-order chi connectivity index (χ1) is 7.75. The Morgan fingerprint density at radius 1 is 1.69 bits per heavy atom. The van der Waals surface area contributed by atoms with Crippen molar-refractivity contribution in [3.05, 3.63) is 16.1 Å². The summed E-state index contributed by atoms with van der Waals surface area (Å²) < 4.78 is 0. The van der Waals surface area contributed by atoms with E-state index in [1.165, 1.54) is 6.42 Å². The average molecular weight is 239 g/mol. The topological polar surface area (TPSA) is 54.0 Å². The number of carbonyl (C=O) groups excluding carboxylic acids is 1. The number of nitrogens with one attached hydrogen (secondary N) is 2. The highest BCUT2D eigenvalue weighted by Crippen LogP contribution is 2.11. The van der Waals surface area contributed by atoms with Gasteiger partial charge in [0.1, 0.15) is 0 Å². The molecule has 88 valence electrons. The van der Waals surface area contributed by atoms with Crippen molar-refractivity contribution in [3.8, 4) is 0 Å². The molecule has 0 aromatic carbocycles. The monoisotopic (exact) mass is 239 g/mol. The molecule has 1 aromatic heterocycles. The number of piperidine rings is 1. The summed E-state index contributed by atoms with van der Waals surface area (Å²) in [4.78, 5) is 17.1. The molecule has 2 heterocycles. The molecule has 1 amide bonds. The Labute approximate surface area is 99.5 Å². The molecule has 0 radical (unpaired) electrons. The van der Waals surface area contributed by atoms with Gasteiger partial charge < -0.3 is 10.6 Å². The summed E-state index contributed by atoms with van der Waals surface area (Å²) >= 11 is 1.63. The van der Waals surface area contributed by atoms with E-state index in [4.69, 9.17) is 0 Å². The van der Waals surface area contributed by atoms with E-state index in [-0.39, 0.29) is 11.9 Å². The molecule has 0 spiro atoms. The van der Waals surface area contributed by atoms with Crippen molar-refractivity contribution in [2.24, 2.45) is 0 Å². The maximum absolute atomic E-state index is 11.8. The third-order valence-electron chi connectivity index (χ3n) is 2.73. The number of aromatic nitrogens is 1. The average Bonchev–Trinajstić information content (AvgIpc) is 2.73. The SMILES string of the molecule is Cc1ncc(CNC(=O)[C@H]2CCCCN2)s1. The largest absolute Gasteiger partial charge is 0.350 e. The van der Waals surface area contributed by atoms with Gasteiger partial charge in [0.2, 0.25) is 5.91 Å². The molecule has 1 aliphatic rings. The van der Waals surface area contributed by atoms with Crippen LogP contribution in [0.4, 0.5) is 0 Å². The lowest BCUT2D eigenvalue weighted by Gasteiger charge is -2.22. The minimum absolute atomic E-state index is 0.00256. The fourth-order valence-electron chi connectivity index (χ4n) is 1.86. The molecule has 1 aliphatic heterocycles. The van der Waals surface area contributed by atoms with Crippen molar-refractivity contribution in [1.29, 1.82) is 0 Å². The summed E-state index contributed by atoms with van der Waals surface area (Å²) in [5.74, 6) is 0.116. The van der Waals surface area contributed by atoms with Crippen molar-refractivity contribution >= 4 is 17.2 Å². The van der Waals surface area contributed by atoms with E-state index < -0.39 is 0 Å². The van der Waals surface area contributed by atoms with Crippen LogP contribution in [0.5, 0.6) is 0 Å². The highest BCUT2D eigenvalue weighted by Gasteiger charge is 2.19. The van der Waals surface area contributed by atoms with Gasteiger partial charge in [0, 0.05) is 11.1 Å². The molecule has 0 saturated carbocycles. The molecule has 1 aromatic rings. The van der Waals surface area contributed by atoms with Crippen LogP contribution in [0.25, 0.3) is 0 Å². The van der Waals surface area contributed by atoms with Gasteiger partial charge in [-0.25, -0.2) is 4.98 Å². The van der Waals surface area contributed by atoms with Crippen LogP contribution in [-0.4, -0.2) is 23.5 Å². The van der Waals surface area contributed by atoms with Crippen molar-refractivity contribution < 1.29 is 4.79 Å². The Hall–Kier alpha value is -0.940. The predicted octanol–water partition coefficient (Wildman–Crippen LogP) is 1.21. The van der Waals surface area contributed by atoms with Crippen molar-refractivity contribution in [2.45, 2.75) is 38.8 Å². The third-order valence-corrected chi connectivity index (χ3v) is 3.65. The molecule has 0 unspecified atom stereocenters. The van der Waals surface area contributed by atoms with Gasteiger partial charge in [-0.1, -0.05) is 6.42 Å². The van der Waals surface area contributed by atoms with Crippen molar-refractivity contribution in [2.75, 3.05) is 6.54 Å². The highest BCUT2D eigenvalue weighted by molar-refractivity contribution is 7.11. The number of nitrogens with zero attached hydrogens (tertiary/aromatic N) is 1. The third kappa shape index (κ3) is 3.02. The molecule has 5 heteroatoms. The standard InChI is InChI=1S/C11H17N3OS/c1-8-13-6-9(16-8)7-14-11(15)10-4-2-3-5-12-10/h6,10,12H,2-5,7H2,1H3,(H,14,15)/t10-/m1/s1. The summed E-state index contributed by atoms with van der Waals surface area (Å²) in [6.45, 7) is 3.53. The lowest BCUT2D eigenvalue weighted by atomic mass is 10.0. The van der Waals surface area contributed by atoms with E-state index in [0.717, 1.165) is 29.3 Å². The second-order valence-electron chi connectivity index (χ2n) is 4.07. The van der Waals surface area contributed by atoms with E-state index in [1.54, 1.807) is 11.3 Å². The number of hydrogen-bond donors (Lipinski definition) is 2. The highest BCUT2D eigenvalue weighted by atomic mass is 32.1. The fourth-order valence-corrected chi connectivity index (χ4v) is 2.59. The quantitative estimate of drug-likeness (QED) is 0.833. The predicted molar refractivity (Wildman–Crippen MR) is 64.3 cm³/mol. The van der Waals surface area contributed by atoms with Gasteiger partial charge in [0.25, 0.3) is 0 Å². The number of amides is 1. The Morgan fingerprint density at radius 3 is 3.19 bits per heavy atom. The lowest BCUT2D eigenvalue weighted by Crippen LogP contribution is -2.46. The number of thiazole rings is 1. The van der Waals surface area contributed by atoms with E-state index in [2.05, 4.69) is 15.6 Å². The number of carbonyl (C=O) groups is 1. The maximum Gasteiger partial charge on any atom is 0.237 e. The zero-order valence-electron chi connectivity index (χ0n) is 9.45. The van der Waals surface area contributed by atoms with Crippen LogP contribution < -0.4 is 10.6 Å². The first-order valence-electron chi connectivity index (χ1n) is 5.68. The number of hydrogen-bond acceptors (Lipinski definition) is 4. The molecule has 2 N–H and O–H groups in total. The Kier molecular flexibility index (Phi) is 3.90. The van der Waals surface area contributed by atoms with Crippen LogP contribution in [-0.2, 0) is 11.3 Å². The number of aryl methyl sites for hydroxylation is 1. The maximum atomic E-state index is 11.8. The lowest BCUT2D eigenvalue weighted by molar-refractivity contribution is -0.123. The van der Waals surface area contributed by atoms with E-state index in [0.29, 0.717) is 6.54 Å². The zero-order chi connectivity index (χ0) is 11.4. The molecular weight excluding hydrogens is 222 g/mol. The van der Waals surface area contributed by atoms with Gasteiger partial charge in [-0.15, -0.1) is 11.3 Å². The Balaban J connectivity index is 1.78. The molecule has 1 fully saturated rings. The van der Waals surface area contributed by atoms with Gasteiger partial charge in [0.05, 0.1) is 17.6 Å². The van der Waals surface area contributed by atoms with E-state index >= 15 is 0 Å². The smallest absolute Gasteiger partial charge is 0.237 e. The second-order valence-corrected chi connectivity index (χ2v) is 5.39. The Morgan fingerprint density at radius 2 is 2.56 bits per heavy atom. The minimum Gasteiger partial charge on any atom is -0.350 e. The van der Waals surface area contributed by atoms with Crippen LogP contribution in [0.2, 0.25) is 0 Å². The fraction of sp³-hybridized carbons (Fsp3) is 0.636. The van der Waals surface area contributed by atoms with Gasteiger partial charge in [-0.05, 0) is 26.3 Å².